The first-order valence-electron chi connectivity index (χ1n) is 6.89. The van der Waals surface area contributed by atoms with Gasteiger partial charge in [-0.15, -0.1) is 0 Å². The number of amides is 1. The summed E-state index contributed by atoms with van der Waals surface area (Å²) in [5.74, 6) is -0.560. The lowest BCUT2D eigenvalue weighted by Crippen LogP contribution is -2.29. The number of carboxylic acid groups (broad SMARTS) is 1. The van der Waals surface area contributed by atoms with E-state index in [0.717, 1.165) is 31.1 Å². The van der Waals surface area contributed by atoms with Gasteiger partial charge in [0.1, 0.15) is 0 Å². The first-order valence-corrected chi connectivity index (χ1v) is 6.89. The minimum Gasteiger partial charge on any atom is -0.478 e. The van der Waals surface area contributed by atoms with Crippen LogP contribution in [0, 0.1) is 5.92 Å². The normalized spacial score (nSPS) is 18.3. The first kappa shape index (κ1) is 15.3. The smallest absolute Gasteiger partial charge is 0.328 e. The van der Waals surface area contributed by atoms with Gasteiger partial charge in [-0.25, -0.2) is 4.79 Å². The van der Waals surface area contributed by atoms with Crippen molar-refractivity contribution in [3.05, 3.63) is 41.5 Å². The number of aliphatic carboxylic acids is 1. The molecule has 112 valence electrons. The zero-order valence-electron chi connectivity index (χ0n) is 12.0. The minimum absolute atomic E-state index is 0.0161. The molecule has 1 amide bonds. The Balaban J connectivity index is 1.99. The summed E-state index contributed by atoms with van der Waals surface area (Å²) in [5.41, 5.74) is 1.38. The van der Waals surface area contributed by atoms with Crippen LogP contribution in [0.4, 0.5) is 0 Å². The highest BCUT2D eigenvalue weighted by Crippen LogP contribution is 2.19. The van der Waals surface area contributed by atoms with Gasteiger partial charge in [-0.3, -0.25) is 4.79 Å². The van der Waals surface area contributed by atoms with Gasteiger partial charge in [0.05, 0.1) is 6.61 Å². The maximum atomic E-state index is 12.3. The third-order valence-corrected chi connectivity index (χ3v) is 3.55. The standard InChI is InChI=1S/C16H19NO4/c1-21-11-13-8-9-17(10-13)16(20)14-5-2-12(3-6-14)4-7-15(18)19/h2-7,13H,8-11H2,1H3,(H,18,19). The van der Waals surface area contributed by atoms with E-state index in [0.29, 0.717) is 18.1 Å². The van der Waals surface area contributed by atoms with Gasteiger partial charge in [0.15, 0.2) is 0 Å². The molecular weight excluding hydrogens is 270 g/mol. The van der Waals surface area contributed by atoms with E-state index < -0.39 is 5.97 Å². The molecule has 1 saturated heterocycles. The Hall–Kier alpha value is -2.14. The average Bonchev–Trinajstić information content (AvgIpc) is 2.94. The number of nitrogens with zero attached hydrogens (tertiary/aromatic N) is 1. The van der Waals surface area contributed by atoms with E-state index in [1.54, 1.807) is 31.4 Å². The van der Waals surface area contributed by atoms with E-state index in [4.69, 9.17) is 9.84 Å². The summed E-state index contributed by atoms with van der Waals surface area (Å²) < 4.78 is 5.13. The number of rotatable bonds is 5. The molecule has 1 fully saturated rings. The van der Waals surface area contributed by atoms with Crippen molar-refractivity contribution in [3.63, 3.8) is 0 Å². The van der Waals surface area contributed by atoms with Crippen LogP contribution in [0.25, 0.3) is 6.08 Å². The van der Waals surface area contributed by atoms with E-state index >= 15 is 0 Å². The molecule has 1 aromatic rings. The van der Waals surface area contributed by atoms with Crippen LogP contribution in [0.2, 0.25) is 0 Å². The molecule has 1 aliphatic heterocycles. The van der Waals surface area contributed by atoms with Crippen molar-refractivity contribution < 1.29 is 19.4 Å². The Morgan fingerprint density at radius 1 is 1.38 bits per heavy atom. The summed E-state index contributed by atoms with van der Waals surface area (Å²) >= 11 is 0. The van der Waals surface area contributed by atoms with E-state index in [1.165, 1.54) is 6.08 Å². The number of carbonyl (C=O) groups excluding carboxylic acids is 1. The van der Waals surface area contributed by atoms with Crippen molar-refractivity contribution in [2.75, 3.05) is 26.8 Å². The molecule has 1 aliphatic rings. The van der Waals surface area contributed by atoms with E-state index in [1.807, 2.05) is 4.90 Å². The Morgan fingerprint density at radius 2 is 2.10 bits per heavy atom. The molecule has 5 nitrogen and oxygen atoms in total. The lowest BCUT2D eigenvalue weighted by Gasteiger charge is -2.16. The zero-order valence-corrected chi connectivity index (χ0v) is 12.0. The van der Waals surface area contributed by atoms with E-state index in [2.05, 4.69) is 0 Å². The Kier molecular flexibility index (Phi) is 5.11. The second-order valence-corrected chi connectivity index (χ2v) is 5.15. The number of benzene rings is 1. The summed E-state index contributed by atoms with van der Waals surface area (Å²) in [5, 5.41) is 8.57. The van der Waals surface area contributed by atoms with Gasteiger partial charge in [0.25, 0.3) is 5.91 Å². The minimum atomic E-state index is -0.989. The van der Waals surface area contributed by atoms with Gasteiger partial charge >= 0.3 is 5.97 Å². The summed E-state index contributed by atoms with van der Waals surface area (Å²) in [6.07, 6.45) is 3.55. The highest BCUT2D eigenvalue weighted by molar-refractivity contribution is 5.94. The lowest BCUT2D eigenvalue weighted by molar-refractivity contribution is -0.131. The summed E-state index contributed by atoms with van der Waals surface area (Å²) in [6, 6.07) is 6.95. The average molecular weight is 289 g/mol. The molecule has 0 radical (unpaired) electrons. The van der Waals surface area contributed by atoms with Crippen molar-refractivity contribution in [2.45, 2.75) is 6.42 Å². The van der Waals surface area contributed by atoms with Crippen molar-refractivity contribution in [1.29, 1.82) is 0 Å². The molecule has 1 heterocycles. The number of methoxy groups -OCH3 is 1. The zero-order chi connectivity index (χ0) is 15.2. The van der Waals surface area contributed by atoms with Crippen molar-refractivity contribution in [3.8, 4) is 0 Å². The maximum Gasteiger partial charge on any atom is 0.328 e. The van der Waals surface area contributed by atoms with Gasteiger partial charge in [-0.05, 0) is 30.2 Å². The van der Waals surface area contributed by atoms with Gasteiger partial charge in [-0.2, -0.15) is 0 Å². The highest BCUT2D eigenvalue weighted by Gasteiger charge is 2.26. The summed E-state index contributed by atoms with van der Waals surface area (Å²) in [6.45, 7) is 2.17. The van der Waals surface area contributed by atoms with Crippen LogP contribution in [0.3, 0.4) is 0 Å². The predicted octanol–water partition coefficient (Wildman–Crippen LogP) is 1.89. The molecule has 0 saturated carbocycles. The van der Waals surface area contributed by atoms with E-state index in [-0.39, 0.29) is 5.91 Å². The molecule has 0 spiro atoms. The molecule has 5 heteroatoms. The number of carbonyl (C=O) groups is 2. The largest absolute Gasteiger partial charge is 0.478 e. The first-order chi connectivity index (χ1) is 10.1. The number of hydrogen-bond acceptors (Lipinski definition) is 3. The van der Waals surface area contributed by atoms with Crippen LogP contribution >= 0.6 is 0 Å². The number of hydrogen-bond donors (Lipinski definition) is 1. The fourth-order valence-corrected chi connectivity index (χ4v) is 2.48. The van der Waals surface area contributed by atoms with Crippen LogP contribution in [-0.2, 0) is 9.53 Å². The third kappa shape index (κ3) is 4.16. The molecule has 2 rings (SSSR count). The Labute approximate surface area is 123 Å². The fraction of sp³-hybridized carbons (Fsp3) is 0.375. The predicted molar refractivity (Wildman–Crippen MR) is 79.0 cm³/mol. The monoisotopic (exact) mass is 289 g/mol. The van der Waals surface area contributed by atoms with E-state index in [9.17, 15) is 9.59 Å². The molecule has 1 aromatic carbocycles. The van der Waals surface area contributed by atoms with Crippen LogP contribution in [-0.4, -0.2) is 48.7 Å². The van der Waals surface area contributed by atoms with Crippen molar-refractivity contribution in [1.82, 2.24) is 4.90 Å². The summed E-state index contributed by atoms with van der Waals surface area (Å²) in [4.78, 5) is 24.6. The molecule has 0 bridgehead atoms. The summed E-state index contributed by atoms with van der Waals surface area (Å²) in [7, 11) is 1.67. The van der Waals surface area contributed by atoms with Gasteiger partial charge < -0.3 is 14.7 Å². The number of ether oxygens (including phenoxy) is 1. The van der Waals surface area contributed by atoms with Gasteiger partial charge in [0.2, 0.25) is 0 Å². The molecular formula is C16H19NO4. The SMILES string of the molecule is COCC1CCN(C(=O)c2ccc(C=CC(=O)O)cc2)C1. The number of carboxylic acids is 1. The molecule has 1 atom stereocenters. The van der Waals surface area contributed by atoms with Gasteiger partial charge in [0, 0.05) is 37.8 Å². The van der Waals surface area contributed by atoms with Crippen molar-refractivity contribution >= 4 is 18.0 Å². The topological polar surface area (TPSA) is 66.8 Å². The molecule has 21 heavy (non-hydrogen) atoms. The van der Waals surface area contributed by atoms with Crippen LogP contribution in [0.1, 0.15) is 22.3 Å². The molecule has 0 aliphatic carbocycles. The Morgan fingerprint density at radius 3 is 2.71 bits per heavy atom. The molecule has 1 unspecified atom stereocenters. The van der Waals surface area contributed by atoms with Crippen LogP contribution in [0.15, 0.2) is 30.3 Å². The molecule has 1 N–H and O–H groups in total. The number of likely N-dealkylation sites (tertiary alicyclic amines) is 1. The van der Waals surface area contributed by atoms with Crippen LogP contribution in [0.5, 0.6) is 0 Å². The Bertz CT molecular complexity index is 536. The van der Waals surface area contributed by atoms with Gasteiger partial charge in [-0.1, -0.05) is 12.1 Å². The highest BCUT2D eigenvalue weighted by atomic mass is 16.5. The maximum absolute atomic E-state index is 12.3. The lowest BCUT2D eigenvalue weighted by atomic mass is 10.1. The fourth-order valence-electron chi connectivity index (χ4n) is 2.48. The quantitative estimate of drug-likeness (QED) is 0.841. The third-order valence-electron chi connectivity index (χ3n) is 3.55. The van der Waals surface area contributed by atoms with Crippen LogP contribution < -0.4 is 0 Å². The second kappa shape index (κ2) is 7.04. The van der Waals surface area contributed by atoms with Crippen molar-refractivity contribution in [2.24, 2.45) is 5.92 Å². The second-order valence-electron chi connectivity index (χ2n) is 5.15. The molecule has 0 aromatic heterocycles.